The van der Waals surface area contributed by atoms with E-state index >= 15 is 0 Å². The van der Waals surface area contributed by atoms with Crippen LogP contribution in [0.4, 0.5) is 0 Å². The predicted octanol–water partition coefficient (Wildman–Crippen LogP) is 5.05. The summed E-state index contributed by atoms with van der Waals surface area (Å²) < 4.78 is 0.917. The lowest BCUT2D eigenvalue weighted by atomic mass is 10.0. The molecule has 2 N–H and O–H groups in total. The maximum Gasteiger partial charge on any atom is 0.252 e. The number of hydrogen-bond acceptors (Lipinski definition) is 4. The van der Waals surface area contributed by atoms with Crippen LogP contribution in [0.5, 0.6) is 0 Å². The van der Waals surface area contributed by atoms with Crippen LogP contribution in [0.1, 0.15) is 46.4 Å². The number of hydrogen-bond donors (Lipinski definition) is 2. The van der Waals surface area contributed by atoms with E-state index in [2.05, 4.69) is 45.2 Å². The van der Waals surface area contributed by atoms with Gasteiger partial charge in [-0.3, -0.25) is 9.69 Å². The normalized spacial score (nSPS) is 16.6. The van der Waals surface area contributed by atoms with Gasteiger partial charge in [0, 0.05) is 35.6 Å². The van der Waals surface area contributed by atoms with Crippen molar-refractivity contribution in [3.8, 4) is 0 Å². The van der Waals surface area contributed by atoms with Gasteiger partial charge in [-0.05, 0) is 74.2 Å². The van der Waals surface area contributed by atoms with E-state index in [4.69, 9.17) is 10.1 Å². The standard InChI is InChI=1S/C27H30BrN3O2/c1-19-6-2-3-7-20(19)9-11-22-17-25(24-16-21(28)10-12-26(24)30-22)27(33)29-18-23-8-4-13-31(23)14-5-15-32/h2-3,6-7,9-12,16-17,23,32H,4-5,8,13-15,18H2,1H3,(H,29,33)/b11-9+. The van der Waals surface area contributed by atoms with E-state index in [0.717, 1.165) is 59.0 Å². The van der Waals surface area contributed by atoms with Crippen LogP contribution in [0.25, 0.3) is 23.1 Å². The number of aryl methyl sites for hydroxylation is 1. The van der Waals surface area contributed by atoms with Crippen molar-refractivity contribution in [2.24, 2.45) is 0 Å². The molecule has 5 nitrogen and oxygen atoms in total. The Hall–Kier alpha value is -2.54. The number of benzene rings is 2. The fourth-order valence-electron chi connectivity index (χ4n) is 4.44. The third kappa shape index (κ3) is 5.88. The molecule has 1 amide bonds. The van der Waals surface area contributed by atoms with Gasteiger partial charge in [-0.1, -0.05) is 46.3 Å². The Morgan fingerprint density at radius 1 is 1.24 bits per heavy atom. The van der Waals surface area contributed by atoms with E-state index < -0.39 is 0 Å². The highest BCUT2D eigenvalue weighted by atomic mass is 79.9. The van der Waals surface area contributed by atoms with Gasteiger partial charge in [0.1, 0.15) is 0 Å². The summed E-state index contributed by atoms with van der Waals surface area (Å²) in [5, 5.41) is 13.1. The van der Waals surface area contributed by atoms with Crippen molar-refractivity contribution in [2.45, 2.75) is 32.2 Å². The molecule has 1 aliphatic heterocycles. The summed E-state index contributed by atoms with van der Waals surface area (Å²) in [4.78, 5) is 20.4. The van der Waals surface area contributed by atoms with Crippen molar-refractivity contribution in [3.63, 3.8) is 0 Å². The predicted molar refractivity (Wildman–Crippen MR) is 138 cm³/mol. The number of amides is 1. The second kappa shape index (κ2) is 11.1. The monoisotopic (exact) mass is 507 g/mol. The molecule has 1 atom stereocenters. The Morgan fingerprint density at radius 2 is 2.09 bits per heavy atom. The van der Waals surface area contributed by atoms with Crippen molar-refractivity contribution in [3.05, 3.63) is 75.4 Å². The number of carbonyl (C=O) groups excluding carboxylic acids is 1. The average Bonchev–Trinajstić information content (AvgIpc) is 3.27. The molecule has 3 aromatic rings. The summed E-state index contributed by atoms with van der Waals surface area (Å²) in [7, 11) is 0. The van der Waals surface area contributed by atoms with Gasteiger partial charge in [0.25, 0.3) is 5.91 Å². The number of pyridine rings is 1. The van der Waals surface area contributed by atoms with Crippen molar-refractivity contribution in [2.75, 3.05) is 26.2 Å². The smallest absolute Gasteiger partial charge is 0.252 e. The lowest BCUT2D eigenvalue weighted by Gasteiger charge is -2.24. The van der Waals surface area contributed by atoms with Crippen LogP contribution in [0, 0.1) is 6.92 Å². The number of aromatic nitrogens is 1. The molecule has 1 unspecified atom stereocenters. The largest absolute Gasteiger partial charge is 0.396 e. The number of rotatable bonds is 8. The van der Waals surface area contributed by atoms with E-state index in [1.54, 1.807) is 0 Å². The summed E-state index contributed by atoms with van der Waals surface area (Å²) in [5.74, 6) is -0.0833. The molecule has 4 rings (SSSR count). The first-order chi connectivity index (χ1) is 16.0. The van der Waals surface area contributed by atoms with Gasteiger partial charge in [0.05, 0.1) is 16.8 Å². The van der Waals surface area contributed by atoms with Gasteiger partial charge in [-0.2, -0.15) is 0 Å². The van der Waals surface area contributed by atoms with Crippen LogP contribution in [-0.4, -0.2) is 53.2 Å². The van der Waals surface area contributed by atoms with E-state index in [1.165, 1.54) is 5.56 Å². The van der Waals surface area contributed by atoms with Crippen LogP contribution in [0.3, 0.4) is 0 Å². The zero-order valence-corrected chi connectivity index (χ0v) is 20.5. The minimum absolute atomic E-state index is 0.0833. The third-order valence-corrected chi connectivity index (χ3v) is 6.75. The number of halogens is 1. The number of carbonyl (C=O) groups is 1. The van der Waals surface area contributed by atoms with E-state index in [1.807, 2.05) is 48.6 Å². The molecule has 0 radical (unpaired) electrons. The molecule has 1 aliphatic rings. The summed E-state index contributed by atoms with van der Waals surface area (Å²) in [5.41, 5.74) is 4.50. The maximum atomic E-state index is 13.3. The Balaban J connectivity index is 1.58. The Labute approximate surface area is 203 Å². The molecule has 0 aliphatic carbocycles. The summed E-state index contributed by atoms with van der Waals surface area (Å²) in [6.07, 6.45) is 6.98. The molecule has 172 valence electrons. The van der Waals surface area contributed by atoms with Crippen LogP contribution < -0.4 is 5.32 Å². The Kier molecular flexibility index (Phi) is 7.91. The zero-order chi connectivity index (χ0) is 23.2. The number of fused-ring (bicyclic) bond motifs is 1. The lowest BCUT2D eigenvalue weighted by molar-refractivity contribution is 0.0941. The number of likely N-dealkylation sites (tertiary alicyclic amines) is 1. The molecule has 2 heterocycles. The Morgan fingerprint density at radius 3 is 2.91 bits per heavy atom. The van der Waals surface area contributed by atoms with Crippen LogP contribution >= 0.6 is 15.9 Å². The highest BCUT2D eigenvalue weighted by molar-refractivity contribution is 9.10. The summed E-state index contributed by atoms with van der Waals surface area (Å²) in [6.45, 7) is 4.79. The van der Waals surface area contributed by atoms with Crippen LogP contribution in [-0.2, 0) is 0 Å². The number of nitrogens with zero attached hydrogens (tertiary/aromatic N) is 2. The van der Waals surface area contributed by atoms with Crippen LogP contribution in [0.2, 0.25) is 0 Å². The third-order valence-electron chi connectivity index (χ3n) is 6.26. The first kappa shape index (κ1) is 23.6. The van der Waals surface area contributed by atoms with Gasteiger partial charge in [0.2, 0.25) is 0 Å². The fraction of sp³-hybridized carbons (Fsp3) is 0.333. The number of nitrogens with one attached hydrogen (secondary N) is 1. The molecule has 1 aromatic heterocycles. The maximum absolute atomic E-state index is 13.3. The highest BCUT2D eigenvalue weighted by Gasteiger charge is 2.24. The second-order valence-corrected chi connectivity index (χ2v) is 9.48. The first-order valence-corrected chi connectivity index (χ1v) is 12.3. The van der Waals surface area contributed by atoms with Crippen molar-refractivity contribution in [1.29, 1.82) is 0 Å². The van der Waals surface area contributed by atoms with Gasteiger partial charge in [-0.25, -0.2) is 4.98 Å². The van der Waals surface area contributed by atoms with E-state index in [-0.39, 0.29) is 12.5 Å². The summed E-state index contributed by atoms with van der Waals surface area (Å²) >= 11 is 3.53. The molecule has 1 saturated heterocycles. The Bertz CT molecular complexity index is 1160. The first-order valence-electron chi connectivity index (χ1n) is 11.5. The van der Waals surface area contributed by atoms with E-state index in [0.29, 0.717) is 18.2 Å². The second-order valence-electron chi connectivity index (χ2n) is 8.57. The van der Waals surface area contributed by atoms with Gasteiger partial charge in [0.15, 0.2) is 0 Å². The fourth-order valence-corrected chi connectivity index (χ4v) is 4.80. The zero-order valence-electron chi connectivity index (χ0n) is 18.9. The average molecular weight is 508 g/mol. The lowest BCUT2D eigenvalue weighted by Crippen LogP contribution is -2.40. The molecular formula is C27H30BrN3O2. The molecule has 1 fully saturated rings. The molecular weight excluding hydrogens is 478 g/mol. The summed E-state index contributed by atoms with van der Waals surface area (Å²) in [6, 6.07) is 16.2. The molecule has 0 bridgehead atoms. The minimum Gasteiger partial charge on any atom is -0.396 e. The van der Waals surface area contributed by atoms with Crippen molar-refractivity contribution < 1.29 is 9.90 Å². The highest BCUT2D eigenvalue weighted by Crippen LogP contribution is 2.24. The minimum atomic E-state index is -0.0833. The van der Waals surface area contributed by atoms with E-state index in [9.17, 15) is 4.79 Å². The van der Waals surface area contributed by atoms with Crippen molar-refractivity contribution >= 4 is 44.9 Å². The molecule has 0 spiro atoms. The quantitative estimate of drug-likeness (QED) is 0.447. The van der Waals surface area contributed by atoms with Crippen molar-refractivity contribution in [1.82, 2.24) is 15.2 Å². The molecule has 2 aromatic carbocycles. The van der Waals surface area contributed by atoms with Gasteiger partial charge < -0.3 is 10.4 Å². The number of aliphatic hydroxyl groups excluding tert-OH is 1. The SMILES string of the molecule is Cc1ccccc1/C=C/c1cc(C(=O)NCC2CCCN2CCCO)c2cc(Br)ccc2n1. The number of aliphatic hydroxyl groups is 1. The van der Waals surface area contributed by atoms with Gasteiger partial charge in [-0.15, -0.1) is 0 Å². The van der Waals surface area contributed by atoms with Gasteiger partial charge >= 0.3 is 0 Å². The molecule has 6 heteroatoms. The van der Waals surface area contributed by atoms with Crippen LogP contribution in [0.15, 0.2) is 53.0 Å². The topological polar surface area (TPSA) is 65.5 Å². The molecule has 0 saturated carbocycles. The molecule has 33 heavy (non-hydrogen) atoms.